The second-order valence-corrected chi connectivity index (χ2v) is 5.26. The number of nitrogens with two attached hydrogens (primary N) is 1. The first-order valence-electron chi connectivity index (χ1n) is 5.74. The maximum atomic E-state index is 6.20. The van der Waals surface area contributed by atoms with Crippen molar-refractivity contribution in [1.29, 1.82) is 0 Å². The Kier molecular flexibility index (Phi) is 4.00. The summed E-state index contributed by atoms with van der Waals surface area (Å²) in [4.78, 5) is 0. The maximum absolute atomic E-state index is 6.20. The summed E-state index contributed by atoms with van der Waals surface area (Å²) in [6.45, 7) is 3.83. The Labute approximate surface area is 117 Å². The van der Waals surface area contributed by atoms with Crippen LogP contribution < -0.4 is 5.73 Å². The van der Waals surface area contributed by atoms with E-state index < -0.39 is 0 Å². The monoisotopic (exact) mass is 283 g/mol. The minimum absolute atomic E-state index is 0.140. The molecule has 2 rings (SSSR count). The molecule has 0 fully saturated rings. The predicted molar refractivity (Wildman–Crippen MR) is 75.3 cm³/mol. The van der Waals surface area contributed by atoms with E-state index in [1.54, 1.807) is 12.1 Å². The molecule has 1 aromatic carbocycles. The largest absolute Gasteiger partial charge is 0.466 e. The quantitative estimate of drug-likeness (QED) is 0.904. The Bertz CT molecular complexity index is 563. The number of hydrogen-bond acceptors (Lipinski definition) is 2. The lowest BCUT2D eigenvalue weighted by molar-refractivity contribution is 0.497. The van der Waals surface area contributed by atoms with Crippen molar-refractivity contribution in [2.24, 2.45) is 5.73 Å². The first-order valence-corrected chi connectivity index (χ1v) is 6.49. The molecule has 2 nitrogen and oxygen atoms in total. The summed E-state index contributed by atoms with van der Waals surface area (Å²) >= 11 is 12.1. The summed E-state index contributed by atoms with van der Waals surface area (Å²) in [5.74, 6) is 1.73. The molecule has 0 aliphatic heterocycles. The van der Waals surface area contributed by atoms with Crippen LogP contribution in [0.15, 0.2) is 28.7 Å². The predicted octanol–water partition coefficient (Wildman–Crippen LogP) is 4.45. The smallest absolute Gasteiger partial charge is 0.105 e. The van der Waals surface area contributed by atoms with E-state index in [-0.39, 0.29) is 6.04 Å². The van der Waals surface area contributed by atoms with Crippen LogP contribution in [0.1, 0.15) is 28.7 Å². The number of hydrogen-bond donors (Lipinski definition) is 1. The Morgan fingerprint density at radius 3 is 2.56 bits per heavy atom. The highest BCUT2D eigenvalue weighted by atomic mass is 35.5. The molecular weight excluding hydrogens is 269 g/mol. The van der Waals surface area contributed by atoms with Crippen LogP contribution in [0, 0.1) is 13.8 Å². The average Bonchev–Trinajstić information content (AvgIpc) is 2.63. The summed E-state index contributed by atoms with van der Waals surface area (Å²) < 4.78 is 5.49. The number of furan rings is 1. The van der Waals surface area contributed by atoms with Crippen LogP contribution in [0.25, 0.3) is 0 Å². The minimum atomic E-state index is -0.140. The molecule has 1 aromatic heterocycles. The molecular formula is C14H15Cl2NO. The molecule has 0 saturated heterocycles. The molecule has 1 unspecified atom stereocenters. The molecule has 0 bridgehead atoms. The Hall–Kier alpha value is -0.960. The average molecular weight is 284 g/mol. The second kappa shape index (κ2) is 5.35. The van der Waals surface area contributed by atoms with Crippen molar-refractivity contribution in [3.05, 3.63) is 57.0 Å². The van der Waals surface area contributed by atoms with Crippen LogP contribution in [-0.4, -0.2) is 0 Å². The third kappa shape index (κ3) is 2.89. The molecule has 18 heavy (non-hydrogen) atoms. The maximum Gasteiger partial charge on any atom is 0.105 e. The van der Waals surface area contributed by atoms with Gasteiger partial charge in [0.05, 0.1) is 0 Å². The molecule has 1 heterocycles. The molecule has 0 amide bonds. The summed E-state index contributed by atoms with van der Waals surface area (Å²) in [7, 11) is 0. The SMILES string of the molecule is Cc1cc(C(N)Cc2cc(Cl)ccc2Cl)c(C)o1. The van der Waals surface area contributed by atoms with E-state index in [2.05, 4.69) is 0 Å². The third-order valence-corrected chi connectivity index (χ3v) is 3.53. The van der Waals surface area contributed by atoms with Crippen LogP contribution in [0.3, 0.4) is 0 Å². The standard InChI is InChI=1S/C14H15Cl2NO/c1-8-5-12(9(2)18-8)14(17)7-10-6-11(15)3-4-13(10)16/h3-6,14H,7,17H2,1-2H3. The van der Waals surface area contributed by atoms with Gasteiger partial charge >= 0.3 is 0 Å². The zero-order valence-corrected chi connectivity index (χ0v) is 11.8. The summed E-state index contributed by atoms with van der Waals surface area (Å²) in [5, 5.41) is 1.36. The Balaban J connectivity index is 2.23. The Morgan fingerprint density at radius 1 is 1.22 bits per heavy atom. The molecule has 2 aromatic rings. The number of aryl methyl sites for hydroxylation is 2. The van der Waals surface area contributed by atoms with Gasteiger partial charge < -0.3 is 10.2 Å². The number of rotatable bonds is 3. The van der Waals surface area contributed by atoms with Gasteiger partial charge in [-0.15, -0.1) is 0 Å². The molecule has 0 radical (unpaired) electrons. The van der Waals surface area contributed by atoms with Gasteiger partial charge in [-0.1, -0.05) is 23.2 Å². The first kappa shape index (κ1) is 13.5. The third-order valence-electron chi connectivity index (χ3n) is 2.93. The topological polar surface area (TPSA) is 39.2 Å². The van der Waals surface area contributed by atoms with E-state index in [1.807, 2.05) is 26.0 Å². The molecule has 96 valence electrons. The summed E-state index contributed by atoms with van der Waals surface area (Å²) in [6.07, 6.45) is 0.638. The first-order chi connectivity index (χ1) is 8.47. The van der Waals surface area contributed by atoms with Crippen LogP contribution in [0.4, 0.5) is 0 Å². The molecule has 0 aliphatic rings. The zero-order valence-electron chi connectivity index (χ0n) is 10.3. The van der Waals surface area contributed by atoms with Gasteiger partial charge in [0, 0.05) is 21.7 Å². The lowest BCUT2D eigenvalue weighted by Crippen LogP contribution is -2.13. The number of halogens is 2. The number of benzene rings is 1. The van der Waals surface area contributed by atoms with Gasteiger partial charge in [-0.05, 0) is 50.1 Å². The van der Waals surface area contributed by atoms with E-state index >= 15 is 0 Å². The van der Waals surface area contributed by atoms with Crippen molar-refractivity contribution in [1.82, 2.24) is 0 Å². The van der Waals surface area contributed by atoms with Crippen molar-refractivity contribution < 1.29 is 4.42 Å². The van der Waals surface area contributed by atoms with E-state index in [4.69, 9.17) is 33.4 Å². The molecule has 0 saturated carbocycles. The fraction of sp³-hybridized carbons (Fsp3) is 0.286. The lowest BCUT2D eigenvalue weighted by atomic mass is 10.00. The van der Waals surface area contributed by atoms with Gasteiger partial charge in [0.1, 0.15) is 11.5 Å². The molecule has 0 spiro atoms. The van der Waals surface area contributed by atoms with Crippen molar-refractivity contribution in [3.8, 4) is 0 Å². The second-order valence-electron chi connectivity index (χ2n) is 4.41. The highest BCUT2D eigenvalue weighted by Crippen LogP contribution is 2.27. The van der Waals surface area contributed by atoms with Crippen molar-refractivity contribution in [2.45, 2.75) is 26.3 Å². The van der Waals surface area contributed by atoms with E-state index in [0.717, 1.165) is 22.6 Å². The fourth-order valence-electron chi connectivity index (χ4n) is 2.07. The highest BCUT2D eigenvalue weighted by Gasteiger charge is 2.15. The molecule has 0 aliphatic carbocycles. The highest BCUT2D eigenvalue weighted by molar-refractivity contribution is 6.33. The van der Waals surface area contributed by atoms with Crippen LogP contribution in [0.5, 0.6) is 0 Å². The van der Waals surface area contributed by atoms with Crippen LogP contribution in [0.2, 0.25) is 10.0 Å². The van der Waals surface area contributed by atoms with E-state index in [0.29, 0.717) is 16.5 Å². The lowest BCUT2D eigenvalue weighted by Gasteiger charge is -2.12. The van der Waals surface area contributed by atoms with Gasteiger partial charge in [0.2, 0.25) is 0 Å². The Morgan fingerprint density at radius 2 is 1.94 bits per heavy atom. The minimum Gasteiger partial charge on any atom is -0.466 e. The van der Waals surface area contributed by atoms with Crippen LogP contribution in [-0.2, 0) is 6.42 Å². The fourth-order valence-corrected chi connectivity index (χ4v) is 2.45. The van der Waals surface area contributed by atoms with Crippen molar-refractivity contribution in [3.63, 3.8) is 0 Å². The normalized spacial score (nSPS) is 12.7. The van der Waals surface area contributed by atoms with Gasteiger partial charge in [0.15, 0.2) is 0 Å². The van der Waals surface area contributed by atoms with Gasteiger partial charge in [-0.3, -0.25) is 0 Å². The zero-order chi connectivity index (χ0) is 13.3. The summed E-state index contributed by atoms with van der Waals surface area (Å²) in [6, 6.07) is 7.24. The molecule has 1 atom stereocenters. The van der Waals surface area contributed by atoms with Gasteiger partial charge in [0.25, 0.3) is 0 Å². The van der Waals surface area contributed by atoms with Gasteiger partial charge in [-0.2, -0.15) is 0 Å². The van der Waals surface area contributed by atoms with Gasteiger partial charge in [-0.25, -0.2) is 0 Å². The van der Waals surface area contributed by atoms with E-state index in [9.17, 15) is 0 Å². The molecule has 4 heteroatoms. The van der Waals surface area contributed by atoms with E-state index in [1.165, 1.54) is 0 Å². The molecule has 2 N–H and O–H groups in total. The van der Waals surface area contributed by atoms with Crippen molar-refractivity contribution in [2.75, 3.05) is 0 Å². The summed E-state index contributed by atoms with van der Waals surface area (Å²) in [5.41, 5.74) is 8.17. The van der Waals surface area contributed by atoms with Crippen LogP contribution >= 0.6 is 23.2 Å². The van der Waals surface area contributed by atoms with Crippen molar-refractivity contribution >= 4 is 23.2 Å².